The van der Waals surface area contributed by atoms with Crippen molar-refractivity contribution in [3.8, 4) is 11.5 Å². The van der Waals surface area contributed by atoms with Gasteiger partial charge in [-0.1, -0.05) is 6.92 Å². The summed E-state index contributed by atoms with van der Waals surface area (Å²) >= 11 is 0. The first-order valence-corrected chi connectivity index (χ1v) is 5.12. The lowest BCUT2D eigenvalue weighted by Crippen LogP contribution is -2.13. The molecular weight excluding hydrogens is 227 g/mol. The van der Waals surface area contributed by atoms with Gasteiger partial charge in [-0.2, -0.15) is 0 Å². The maximum Gasteiger partial charge on any atom is 0.306 e. The van der Waals surface area contributed by atoms with E-state index in [-0.39, 0.29) is 12.2 Å². The van der Waals surface area contributed by atoms with Crippen LogP contribution in [0.4, 0.5) is 4.39 Å². The SMILES string of the molecule is COc1cc(OC)c(CC(C)C(=O)O)cc1F. The van der Waals surface area contributed by atoms with Crippen LogP contribution in [0.2, 0.25) is 0 Å². The summed E-state index contributed by atoms with van der Waals surface area (Å²) in [6.07, 6.45) is 0.208. The van der Waals surface area contributed by atoms with Crippen LogP contribution in [-0.2, 0) is 11.2 Å². The van der Waals surface area contributed by atoms with Crippen LogP contribution in [0.25, 0.3) is 0 Å². The molecule has 0 aromatic heterocycles. The molecule has 0 bridgehead atoms. The Balaban J connectivity index is 3.06. The zero-order valence-corrected chi connectivity index (χ0v) is 9.99. The number of carboxylic acids is 1. The number of methoxy groups -OCH3 is 2. The monoisotopic (exact) mass is 242 g/mol. The molecule has 0 heterocycles. The molecule has 94 valence electrons. The normalized spacial score (nSPS) is 12.0. The van der Waals surface area contributed by atoms with Gasteiger partial charge in [-0.15, -0.1) is 0 Å². The molecule has 1 atom stereocenters. The minimum atomic E-state index is -0.928. The summed E-state index contributed by atoms with van der Waals surface area (Å²) in [6, 6.07) is 2.66. The molecule has 1 rings (SSSR count). The number of halogens is 1. The van der Waals surface area contributed by atoms with Crippen LogP contribution < -0.4 is 9.47 Å². The van der Waals surface area contributed by atoms with Gasteiger partial charge in [-0.05, 0) is 18.1 Å². The average Bonchev–Trinajstić information content (AvgIpc) is 2.29. The van der Waals surface area contributed by atoms with E-state index in [0.717, 1.165) is 0 Å². The lowest BCUT2D eigenvalue weighted by Gasteiger charge is -2.13. The van der Waals surface area contributed by atoms with Crippen molar-refractivity contribution in [3.05, 3.63) is 23.5 Å². The highest BCUT2D eigenvalue weighted by Crippen LogP contribution is 2.29. The van der Waals surface area contributed by atoms with Crippen molar-refractivity contribution in [1.29, 1.82) is 0 Å². The third-order valence-electron chi connectivity index (χ3n) is 2.50. The number of carbonyl (C=O) groups is 1. The van der Waals surface area contributed by atoms with E-state index in [9.17, 15) is 9.18 Å². The number of hydrogen-bond donors (Lipinski definition) is 1. The van der Waals surface area contributed by atoms with Crippen LogP contribution in [0.1, 0.15) is 12.5 Å². The number of hydrogen-bond acceptors (Lipinski definition) is 3. The Bertz CT molecular complexity index is 417. The topological polar surface area (TPSA) is 55.8 Å². The van der Waals surface area contributed by atoms with Gasteiger partial charge >= 0.3 is 5.97 Å². The Morgan fingerprint density at radius 3 is 2.41 bits per heavy atom. The van der Waals surface area contributed by atoms with Gasteiger partial charge in [-0.25, -0.2) is 4.39 Å². The molecule has 1 aromatic rings. The van der Waals surface area contributed by atoms with Crippen LogP contribution >= 0.6 is 0 Å². The molecule has 0 aliphatic rings. The Hall–Kier alpha value is -1.78. The first-order chi connectivity index (χ1) is 7.99. The summed E-state index contributed by atoms with van der Waals surface area (Å²) in [7, 11) is 2.80. The van der Waals surface area contributed by atoms with E-state index in [2.05, 4.69) is 0 Å². The third-order valence-corrected chi connectivity index (χ3v) is 2.50. The van der Waals surface area contributed by atoms with Crippen molar-refractivity contribution in [1.82, 2.24) is 0 Å². The lowest BCUT2D eigenvalue weighted by molar-refractivity contribution is -0.141. The second-order valence-corrected chi connectivity index (χ2v) is 3.74. The second-order valence-electron chi connectivity index (χ2n) is 3.74. The van der Waals surface area contributed by atoms with Crippen molar-refractivity contribution in [2.45, 2.75) is 13.3 Å². The summed E-state index contributed by atoms with van der Waals surface area (Å²) in [4.78, 5) is 10.8. The molecule has 5 heteroatoms. The summed E-state index contributed by atoms with van der Waals surface area (Å²) in [6.45, 7) is 1.56. The number of aliphatic carboxylic acids is 1. The first kappa shape index (κ1) is 13.3. The van der Waals surface area contributed by atoms with Crippen LogP contribution in [0.5, 0.6) is 11.5 Å². The van der Waals surface area contributed by atoms with Crippen LogP contribution in [0.15, 0.2) is 12.1 Å². The maximum atomic E-state index is 13.5. The molecule has 0 saturated heterocycles. The van der Waals surface area contributed by atoms with Gasteiger partial charge in [0.2, 0.25) is 0 Å². The van der Waals surface area contributed by atoms with Gasteiger partial charge in [-0.3, -0.25) is 4.79 Å². The highest BCUT2D eigenvalue weighted by molar-refractivity contribution is 5.70. The Kier molecular flexibility index (Phi) is 4.31. The Morgan fingerprint density at radius 1 is 1.35 bits per heavy atom. The van der Waals surface area contributed by atoms with Crippen molar-refractivity contribution in [3.63, 3.8) is 0 Å². The minimum Gasteiger partial charge on any atom is -0.496 e. The number of carboxylic acid groups (broad SMARTS) is 1. The predicted octanol–water partition coefficient (Wildman–Crippen LogP) is 2.11. The molecule has 0 saturated carbocycles. The van der Waals surface area contributed by atoms with E-state index in [4.69, 9.17) is 14.6 Å². The number of ether oxygens (including phenoxy) is 2. The molecule has 0 amide bonds. The number of rotatable bonds is 5. The van der Waals surface area contributed by atoms with Crippen molar-refractivity contribution < 1.29 is 23.8 Å². The van der Waals surface area contributed by atoms with Gasteiger partial charge in [0.25, 0.3) is 0 Å². The fourth-order valence-electron chi connectivity index (χ4n) is 1.50. The molecule has 1 N–H and O–H groups in total. The Morgan fingerprint density at radius 2 is 1.94 bits per heavy atom. The minimum absolute atomic E-state index is 0.0774. The van der Waals surface area contributed by atoms with Crippen LogP contribution in [0, 0.1) is 11.7 Å². The summed E-state index contributed by atoms with van der Waals surface area (Å²) in [5, 5.41) is 8.82. The molecule has 0 aliphatic carbocycles. The summed E-state index contributed by atoms with van der Waals surface area (Å²) < 4.78 is 23.4. The maximum absolute atomic E-state index is 13.5. The Labute approximate surface area is 99.0 Å². The first-order valence-electron chi connectivity index (χ1n) is 5.12. The fourth-order valence-corrected chi connectivity index (χ4v) is 1.50. The lowest BCUT2D eigenvalue weighted by atomic mass is 10.00. The van der Waals surface area contributed by atoms with Crippen molar-refractivity contribution >= 4 is 5.97 Å². The highest BCUT2D eigenvalue weighted by Gasteiger charge is 2.17. The van der Waals surface area contributed by atoms with E-state index in [1.165, 1.54) is 26.4 Å². The summed E-state index contributed by atoms with van der Waals surface area (Å²) in [5.41, 5.74) is 0.515. The van der Waals surface area contributed by atoms with E-state index in [1.54, 1.807) is 6.92 Å². The van der Waals surface area contributed by atoms with E-state index in [0.29, 0.717) is 11.3 Å². The molecule has 1 unspecified atom stereocenters. The molecular formula is C12H15FO4. The zero-order chi connectivity index (χ0) is 13.0. The molecule has 0 aliphatic heterocycles. The molecule has 1 aromatic carbocycles. The van der Waals surface area contributed by atoms with Crippen LogP contribution in [0.3, 0.4) is 0 Å². The largest absolute Gasteiger partial charge is 0.496 e. The van der Waals surface area contributed by atoms with Crippen molar-refractivity contribution in [2.24, 2.45) is 5.92 Å². The standard InChI is InChI=1S/C12H15FO4/c1-7(12(14)15)4-8-5-9(13)11(17-3)6-10(8)16-2/h5-7H,4H2,1-3H3,(H,14,15). The predicted molar refractivity (Wildman–Crippen MR) is 60.0 cm³/mol. The molecule has 0 spiro atoms. The van der Waals surface area contributed by atoms with Crippen LogP contribution in [-0.4, -0.2) is 25.3 Å². The smallest absolute Gasteiger partial charge is 0.306 e. The van der Waals surface area contributed by atoms with Gasteiger partial charge < -0.3 is 14.6 Å². The van der Waals surface area contributed by atoms with E-state index < -0.39 is 17.7 Å². The highest BCUT2D eigenvalue weighted by atomic mass is 19.1. The quantitative estimate of drug-likeness (QED) is 0.859. The second kappa shape index (κ2) is 5.52. The van der Waals surface area contributed by atoms with Gasteiger partial charge in [0.05, 0.1) is 20.1 Å². The third kappa shape index (κ3) is 3.09. The molecule has 0 fully saturated rings. The van der Waals surface area contributed by atoms with Gasteiger partial charge in [0.15, 0.2) is 11.6 Å². The molecule has 17 heavy (non-hydrogen) atoms. The molecule has 4 nitrogen and oxygen atoms in total. The fraction of sp³-hybridized carbons (Fsp3) is 0.417. The average molecular weight is 242 g/mol. The van der Waals surface area contributed by atoms with Gasteiger partial charge in [0.1, 0.15) is 5.75 Å². The van der Waals surface area contributed by atoms with Crippen molar-refractivity contribution in [2.75, 3.05) is 14.2 Å². The summed E-state index contributed by atoms with van der Waals surface area (Å²) in [5.74, 6) is -1.55. The van der Waals surface area contributed by atoms with Gasteiger partial charge in [0, 0.05) is 6.07 Å². The zero-order valence-electron chi connectivity index (χ0n) is 9.99. The van der Waals surface area contributed by atoms with E-state index >= 15 is 0 Å². The molecule has 0 radical (unpaired) electrons. The number of benzene rings is 1. The van der Waals surface area contributed by atoms with E-state index in [1.807, 2.05) is 0 Å².